The van der Waals surface area contributed by atoms with E-state index in [0.29, 0.717) is 10.6 Å². The zero-order valence-electron chi connectivity index (χ0n) is 11.2. The molecular formula is C14H21NO3S. The Hall–Kier alpha value is -1.07. The fourth-order valence-corrected chi connectivity index (χ4v) is 3.02. The van der Waals surface area contributed by atoms with Crippen molar-refractivity contribution in [2.24, 2.45) is 5.73 Å². The lowest BCUT2D eigenvalue weighted by molar-refractivity contribution is 0.162. The van der Waals surface area contributed by atoms with Crippen LogP contribution in [0.15, 0.2) is 29.2 Å². The van der Waals surface area contributed by atoms with Gasteiger partial charge < -0.3 is 10.5 Å². The number of hydrogen-bond acceptors (Lipinski definition) is 4. The summed E-state index contributed by atoms with van der Waals surface area (Å²) in [5.41, 5.74) is 6.11. The molecule has 2 N–H and O–H groups in total. The zero-order chi connectivity index (χ0) is 13.9. The Kier molecular flexibility index (Phi) is 4.47. The van der Waals surface area contributed by atoms with E-state index in [2.05, 4.69) is 0 Å². The van der Waals surface area contributed by atoms with Gasteiger partial charge in [-0.2, -0.15) is 0 Å². The van der Waals surface area contributed by atoms with Crippen LogP contribution in [0.5, 0.6) is 5.75 Å². The minimum atomic E-state index is -3.15. The summed E-state index contributed by atoms with van der Waals surface area (Å²) in [4.78, 5) is 0.310. The summed E-state index contributed by atoms with van der Waals surface area (Å²) in [6.45, 7) is 0. The second-order valence-electron chi connectivity index (χ2n) is 5.20. The minimum Gasteiger partial charge on any atom is -0.489 e. The summed E-state index contributed by atoms with van der Waals surface area (Å²) in [7, 11) is -3.15. The summed E-state index contributed by atoms with van der Waals surface area (Å²) in [6, 6.07) is 6.62. The van der Waals surface area contributed by atoms with Gasteiger partial charge in [0, 0.05) is 12.3 Å². The van der Waals surface area contributed by atoms with Crippen molar-refractivity contribution in [1.29, 1.82) is 0 Å². The molecule has 2 atom stereocenters. The highest BCUT2D eigenvalue weighted by atomic mass is 32.2. The van der Waals surface area contributed by atoms with Crippen molar-refractivity contribution in [3.05, 3.63) is 24.3 Å². The number of sulfone groups is 1. The first kappa shape index (κ1) is 14.3. The van der Waals surface area contributed by atoms with Crippen LogP contribution in [0, 0.1) is 0 Å². The molecule has 0 amide bonds. The van der Waals surface area contributed by atoms with E-state index in [1.807, 2.05) is 0 Å². The van der Waals surface area contributed by atoms with Crippen molar-refractivity contribution >= 4 is 9.84 Å². The Bertz CT molecular complexity index is 510. The first-order valence-electron chi connectivity index (χ1n) is 6.69. The average molecular weight is 283 g/mol. The van der Waals surface area contributed by atoms with Gasteiger partial charge in [0.15, 0.2) is 9.84 Å². The van der Waals surface area contributed by atoms with E-state index in [1.54, 1.807) is 24.3 Å². The molecule has 0 radical (unpaired) electrons. The molecule has 1 fully saturated rings. The molecule has 0 spiro atoms. The van der Waals surface area contributed by atoms with E-state index in [1.165, 1.54) is 12.7 Å². The third kappa shape index (κ3) is 3.94. The summed E-state index contributed by atoms with van der Waals surface area (Å²) in [5, 5.41) is 0. The molecule has 5 heteroatoms. The van der Waals surface area contributed by atoms with Gasteiger partial charge >= 0.3 is 0 Å². The molecule has 19 heavy (non-hydrogen) atoms. The quantitative estimate of drug-likeness (QED) is 0.863. The Morgan fingerprint density at radius 2 is 1.74 bits per heavy atom. The molecule has 1 saturated carbocycles. The van der Waals surface area contributed by atoms with Crippen molar-refractivity contribution in [2.75, 3.05) is 6.26 Å². The van der Waals surface area contributed by atoms with Crippen LogP contribution in [0.1, 0.15) is 32.1 Å². The first-order valence-corrected chi connectivity index (χ1v) is 8.58. The molecule has 4 nitrogen and oxygen atoms in total. The van der Waals surface area contributed by atoms with Gasteiger partial charge in [-0.05, 0) is 43.5 Å². The van der Waals surface area contributed by atoms with E-state index in [0.717, 1.165) is 25.7 Å². The van der Waals surface area contributed by atoms with Crippen molar-refractivity contribution in [3.8, 4) is 5.75 Å². The molecule has 1 aromatic rings. The summed E-state index contributed by atoms with van der Waals surface area (Å²) < 4.78 is 28.6. The topological polar surface area (TPSA) is 69.4 Å². The maximum Gasteiger partial charge on any atom is 0.175 e. The van der Waals surface area contributed by atoms with Crippen molar-refractivity contribution in [3.63, 3.8) is 0 Å². The smallest absolute Gasteiger partial charge is 0.175 e. The molecule has 0 aliphatic heterocycles. The van der Waals surface area contributed by atoms with Crippen molar-refractivity contribution in [1.82, 2.24) is 0 Å². The molecule has 106 valence electrons. The first-order chi connectivity index (χ1) is 8.97. The van der Waals surface area contributed by atoms with Gasteiger partial charge in [-0.3, -0.25) is 0 Å². The normalized spacial score (nSPS) is 24.7. The van der Waals surface area contributed by atoms with Crippen LogP contribution >= 0.6 is 0 Å². The Morgan fingerprint density at radius 3 is 2.37 bits per heavy atom. The lowest BCUT2D eigenvalue weighted by Gasteiger charge is -2.22. The van der Waals surface area contributed by atoms with Crippen LogP contribution in [0.2, 0.25) is 0 Å². The second-order valence-corrected chi connectivity index (χ2v) is 7.22. The van der Waals surface area contributed by atoms with E-state index >= 15 is 0 Å². The number of benzene rings is 1. The fourth-order valence-electron chi connectivity index (χ4n) is 2.39. The Balaban J connectivity index is 2.06. The molecule has 2 unspecified atom stereocenters. The van der Waals surface area contributed by atoms with Crippen LogP contribution in [0.3, 0.4) is 0 Å². The van der Waals surface area contributed by atoms with Gasteiger partial charge in [0.05, 0.1) is 4.90 Å². The van der Waals surface area contributed by atoms with Gasteiger partial charge in [-0.1, -0.05) is 12.8 Å². The summed E-state index contributed by atoms with van der Waals surface area (Å²) in [5.74, 6) is 0.690. The maximum absolute atomic E-state index is 11.4. The molecule has 2 rings (SSSR count). The van der Waals surface area contributed by atoms with Crippen LogP contribution in [-0.2, 0) is 9.84 Å². The molecule has 0 heterocycles. The minimum absolute atomic E-state index is 0.0339. The van der Waals surface area contributed by atoms with Crippen LogP contribution in [-0.4, -0.2) is 26.8 Å². The number of nitrogens with two attached hydrogens (primary N) is 1. The van der Waals surface area contributed by atoms with E-state index in [4.69, 9.17) is 10.5 Å². The summed E-state index contributed by atoms with van der Waals surface area (Å²) in [6.07, 6.45) is 6.70. The van der Waals surface area contributed by atoms with Crippen LogP contribution < -0.4 is 10.5 Å². The predicted molar refractivity (Wildman–Crippen MR) is 75.0 cm³/mol. The van der Waals surface area contributed by atoms with Gasteiger partial charge in [-0.15, -0.1) is 0 Å². The van der Waals surface area contributed by atoms with Gasteiger partial charge in [-0.25, -0.2) is 8.42 Å². The monoisotopic (exact) mass is 283 g/mol. The third-order valence-corrected chi connectivity index (χ3v) is 4.67. The molecular weight excluding hydrogens is 262 g/mol. The maximum atomic E-state index is 11.4. The standard InChI is InChI=1S/C14H21NO3S/c1-19(16,17)12-9-7-11(8-10-12)18-14-6-4-2-3-5-13(14)15/h7-10,13-14H,2-6,15H2,1H3. The Morgan fingerprint density at radius 1 is 1.11 bits per heavy atom. The SMILES string of the molecule is CS(=O)(=O)c1ccc(OC2CCCCCC2N)cc1. The fraction of sp³-hybridized carbons (Fsp3) is 0.571. The number of hydrogen-bond donors (Lipinski definition) is 1. The molecule has 1 aliphatic rings. The van der Waals surface area contributed by atoms with Gasteiger partial charge in [0.25, 0.3) is 0 Å². The van der Waals surface area contributed by atoms with Gasteiger partial charge in [0.2, 0.25) is 0 Å². The van der Waals surface area contributed by atoms with Crippen LogP contribution in [0.4, 0.5) is 0 Å². The zero-order valence-corrected chi connectivity index (χ0v) is 12.0. The number of ether oxygens (including phenoxy) is 1. The largest absolute Gasteiger partial charge is 0.489 e. The lowest BCUT2D eigenvalue weighted by atomic mass is 10.1. The van der Waals surface area contributed by atoms with E-state index < -0.39 is 9.84 Å². The second kappa shape index (κ2) is 5.92. The average Bonchev–Trinajstić information content (AvgIpc) is 2.55. The Labute approximate surface area is 114 Å². The highest BCUT2D eigenvalue weighted by molar-refractivity contribution is 7.90. The van der Waals surface area contributed by atoms with Gasteiger partial charge in [0.1, 0.15) is 11.9 Å². The number of rotatable bonds is 3. The predicted octanol–water partition coefficient (Wildman–Crippen LogP) is 2.13. The molecule has 0 saturated heterocycles. The van der Waals surface area contributed by atoms with Crippen molar-refractivity contribution < 1.29 is 13.2 Å². The third-order valence-electron chi connectivity index (χ3n) is 3.54. The molecule has 0 bridgehead atoms. The van der Waals surface area contributed by atoms with E-state index in [9.17, 15) is 8.42 Å². The van der Waals surface area contributed by atoms with Crippen molar-refractivity contribution in [2.45, 2.75) is 49.1 Å². The molecule has 1 aliphatic carbocycles. The summed E-state index contributed by atoms with van der Waals surface area (Å²) >= 11 is 0. The highest BCUT2D eigenvalue weighted by Gasteiger charge is 2.22. The molecule has 0 aromatic heterocycles. The van der Waals surface area contributed by atoms with Crippen LogP contribution in [0.25, 0.3) is 0 Å². The molecule has 1 aromatic carbocycles. The van der Waals surface area contributed by atoms with E-state index in [-0.39, 0.29) is 12.1 Å². The highest BCUT2D eigenvalue weighted by Crippen LogP contribution is 2.23. The lowest BCUT2D eigenvalue weighted by Crippen LogP contribution is -2.37.